The lowest BCUT2D eigenvalue weighted by atomic mass is 9.92. The van der Waals surface area contributed by atoms with E-state index >= 15 is 0 Å². The van der Waals surface area contributed by atoms with Gasteiger partial charge < -0.3 is 0 Å². The van der Waals surface area contributed by atoms with Crippen molar-refractivity contribution in [1.82, 2.24) is 9.80 Å². The van der Waals surface area contributed by atoms with Gasteiger partial charge >= 0.3 is 0 Å². The second-order valence-corrected chi connectivity index (χ2v) is 7.74. The molecule has 110 valence electrons. The van der Waals surface area contributed by atoms with Crippen molar-refractivity contribution in [2.75, 3.05) is 26.2 Å². The van der Waals surface area contributed by atoms with Crippen LogP contribution in [-0.4, -0.2) is 42.0 Å². The maximum atomic E-state index is 2.83. The Morgan fingerprint density at radius 3 is 2.85 bits per heavy atom. The molecule has 4 rings (SSSR count). The van der Waals surface area contributed by atoms with E-state index in [0.29, 0.717) is 0 Å². The Morgan fingerprint density at radius 2 is 1.85 bits per heavy atom. The molecule has 20 heavy (non-hydrogen) atoms. The second kappa shape index (κ2) is 5.78. The van der Waals surface area contributed by atoms with Crippen LogP contribution in [0.4, 0.5) is 0 Å². The number of nitrogens with zero attached hydrogens (tertiary/aromatic N) is 2. The Balaban J connectivity index is 1.54. The van der Waals surface area contributed by atoms with Crippen LogP contribution in [0.2, 0.25) is 0 Å². The molecule has 1 aliphatic carbocycles. The zero-order valence-electron chi connectivity index (χ0n) is 12.4. The van der Waals surface area contributed by atoms with Crippen molar-refractivity contribution in [2.24, 2.45) is 0 Å². The minimum atomic E-state index is 0.729. The summed E-state index contributed by atoms with van der Waals surface area (Å²) in [5.74, 6) is 0. The van der Waals surface area contributed by atoms with Crippen LogP contribution in [0, 0.1) is 0 Å². The number of aryl methyl sites for hydroxylation is 1. The van der Waals surface area contributed by atoms with Crippen LogP contribution in [0.5, 0.6) is 0 Å². The molecule has 3 aliphatic rings. The van der Waals surface area contributed by atoms with Crippen LogP contribution < -0.4 is 0 Å². The molecule has 1 aromatic rings. The van der Waals surface area contributed by atoms with Crippen molar-refractivity contribution in [1.29, 1.82) is 0 Å². The van der Waals surface area contributed by atoms with E-state index in [2.05, 4.69) is 21.2 Å². The molecule has 0 saturated carbocycles. The molecule has 0 bridgehead atoms. The topological polar surface area (TPSA) is 6.48 Å². The van der Waals surface area contributed by atoms with E-state index in [4.69, 9.17) is 0 Å². The highest BCUT2D eigenvalue weighted by molar-refractivity contribution is 7.10. The SMILES string of the molecule is c1cc2c(s1)CCCC2N1CCCN2CCCCC2C1. The zero-order valence-corrected chi connectivity index (χ0v) is 13.2. The van der Waals surface area contributed by atoms with Crippen LogP contribution in [0.3, 0.4) is 0 Å². The van der Waals surface area contributed by atoms with Gasteiger partial charge in [0.15, 0.2) is 0 Å². The standard InChI is InChI=1S/C17H26N2S/c1-2-9-18-10-4-11-19(13-14(18)5-1)16-6-3-7-17-15(16)8-12-20-17/h8,12,14,16H,1-7,9-11,13H2. The van der Waals surface area contributed by atoms with Crippen molar-refractivity contribution in [3.63, 3.8) is 0 Å². The van der Waals surface area contributed by atoms with Gasteiger partial charge in [0.05, 0.1) is 0 Å². The lowest BCUT2D eigenvalue weighted by Crippen LogP contribution is -2.44. The van der Waals surface area contributed by atoms with Crippen molar-refractivity contribution in [2.45, 2.75) is 57.0 Å². The van der Waals surface area contributed by atoms with Gasteiger partial charge in [-0.1, -0.05) is 6.42 Å². The summed E-state index contributed by atoms with van der Waals surface area (Å²) in [5.41, 5.74) is 1.67. The first kappa shape index (κ1) is 13.3. The van der Waals surface area contributed by atoms with Gasteiger partial charge in [0.1, 0.15) is 0 Å². The molecule has 1 aromatic heterocycles. The number of fused-ring (bicyclic) bond motifs is 2. The lowest BCUT2D eigenvalue weighted by Gasteiger charge is -2.38. The van der Waals surface area contributed by atoms with Gasteiger partial charge in [-0.3, -0.25) is 9.80 Å². The van der Waals surface area contributed by atoms with Crippen molar-refractivity contribution < 1.29 is 0 Å². The lowest BCUT2D eigenvalue weighted by molar-refractivity contribution is 0.114. The molecule has 0 amide bonds. The molecule has 2 nitrogen and oxygen atoms in total. The molecular formula is C17H26N2S. The van der Waals surface area contributed by atoms with E-state index in [0.717, 1.165) is 12.1 Å². The first-order valence-electron chi connectivity index (χ1n) is 8.46. The summed E-state index contributed by atoms with van der Waals surface area (Å²) in [4.78, 5) is 7.28. The molecule has 2 atom stereocenters. The van der Waals surface area contributed by atoms with E-state index in [1.165, 1.54) is 71.1 Å². The van der Waals surface area contributed by atoms with Crippen LogP contribution in [0.25, 0.3) is 0 Å². The number of rotatable bonds is 1. The fraction of sp³-hybridized carbons (Fsp3) is 0.765. The van der Waals surface area contributed by atoms with E-state index in [1.54, 1.807) is 10.4 Å². The van der Waals surface area contributed by atoms with Gasteiger partial charge in [-0.15, -0.1) is 11.3 Å². The third kappa shape index (κ3) is 2.44. The van der Waals surface area contributed by atoms with Crippen molar-refractivity contribution in [3.8, 4) is 0 Å². The van der Waals surface area contributed by atoms with Gasteiger partial charge in [-0.25, -0.2) is 0 Å². The van der Waals surface area contributed by atoms with Gasteiger partial charge in [0, 0.05) is 30.1 Å². The van der Waals surface area contributed by atoms with E-state index < -0.39 is 0 Å². The van der Waals surface area contributed by atoms with Crippen LogP contribution >= 0.6 is 11.3 Å². The summed E-state index contributed by atoms with van der Waals surface area (Å²) in [6.45, 7) is 5.32. The molecule has 3 heterocycles. The molecule has 2 unspecified atom stereocenters. The van der Waals surface area contributed by atoms with Crippen molar-refractivity contribution in [3.05, 3.63) is 21.9 Å². The highest BCUT2D eigenvalue weighted by atomic mass is 32.1. The maximum absolute atomic E-state index is 2.83. The minimum Gasteiger partial charge on any atom is -0.299 e. The van der Waals surface area contributed by atoms with Crippen LogP contribution in [0.15, 0.2) is 11.4 Å². The molecule has 0 aromatic carbocycles. The smallest absolute Gasteiger partial charge is 0.0359 e. The summed E-state index contributed by atoms with van der Waals surface area (Å²) in [6, 6.07) is 3.98. The summed E-state index contributed by atoms with van der Waals surface area (Å²) in [7, 11) is 0. The average Bonchev–Trinajstić information content (AvgIpc) is 2.86. The summed E-state index contributed by atoms with van der Waals surface area (Å²) in [6.07, 6.45) is 9.77. The van der Waals surface area contributed by atoms with Gasteiger partial charge in [0.25, 0.3) is 0 Å². The number of hydrogen-bond donors (Lipinski definition) is 0. The van der Waals surface area contributed by atoms with Crippen molar-refractivity contribution >= 4 is 11.3 Å². The molecular weight excluding hydrogens is 264 g/mol. The van der Waals surface area contributed by atoms with E-state index in [-0.39, 0.29) is 0 Å². The summed E-state index contributed by atoms with van der Waals surface area (Å²) < 4.78 is 0. The molecule has 2 aliphatic heterocycles. The number of thiophene rings is 1. The summed E-state index contributed by atoms with van der Waals surface area (Å²) >= 11 is 1.98. The van der Waals surface area contributed by atoms with E-state index in [9.17, 15) is 0 Å². The largest absolute Gasteiger partial charge is 0.299 e. The zero-order chi connectivity index (χ0) is 13.4. The number of piperidine rings is 1. The first-order chi connectivity index (χ1) is 9.92. The Kier molecular flexibility index (Phi) is 3.84. The first-order valence-corrected chi connectivity index (χ1v) is 9.34. The van der Waals surface area contributed by atoms with Gasteiger partial charge in [-0.2, -0.15) is 0 Å². The van der Waals surface area contributed by atoms with E-state index in [1.807, 2.05) is 11.3 Å². The fourth-order valence-corrected chi connectivity index (χ4v) is 5.51. The van der Waals surface area contributed by atoms with Gasteiger partial charge in [-0.05, 0) is 68.6 Å². The minimum absolute atomic E-state index is 0.729. The fourth-order valence-electron chi connectivity index (χ4n) is 4.52. The van der Waals surface area contributed by atoms with Crippen LogP contribution in [0.1, 0.15) is 55.0 Å². The third-order valence-electron chi connectivity index (χ3n) is 5.55. The highest BCUT2D eigenvalue weighted by Crippen LogP contribution is 2.38. The highest BCUT2D eigenvalue weighted by Gasteiger charge is 2.32. The predicted molar refractivity (Wildman–Crippen MR) is 85.4 cm³/mol. The molecule has 0 radical (unpaired) electrons. The Labute approximate surface area is 126 Å². The molecule has 2 fully saturated rings. The second-order valence-electron chi connectivity index (χ2n) is 6.74. The summed E-state index contributed by atoms with van der Waals surface area (Å²) in [5, 5.41) is 2.31. The maximum Gasteiger partial charge on any atom is 0.0359 e. The predicted octanol–water partition coefficient (Wildman–Crippen LogP) is 3.69. The Hall–Kier alpha value is -0.380. The molecule has 0 spiro atoms. The Bertz CT molecular complexity index is 456. The van der Waals surface area contributed by atoms with Gasteiger partial charge in [0.2, 0.25) is 0 Å². The molecule has 3 heteroatoms. The Morgan fingerprint density at radius 1 is 0.950 bits per heavy atom. The van der Waals surface area contributed by atoms with Crippen LogP contribution in [-0.2, 0) is 6.42 Å². The normalized spacial score (nSPS) is 32.4. The third-order valence-corrected chi connectivity index (χ3v) is 6.54. The molecule has 0 N–H and O–H groups in total. The monoisotopic (exact) mass is 290 g/mol. The number of hydrogen-bond acceptors (Lipinski definition) is 3. The quantitative estimate of drug-likeness (QED) is 0.778. The molecule has 2 saturated heterocycles. The average molecular weight is 290 g/mol.